The quantitative estimate of drug-likeness (QED) is 0.681. The molecule has 1 aromatic heterocycles. The maximum atomic E-state index is 4.37. The highest BCUT2D eigenvalue weighted by Crippen LogP contribution is 2.25. The lowest BCUT2D eigenvalue weighted by Gasteiger charge is -2.20. The Morgan fingerprint density at radius 2 is 1.65 bits per heavy atom. The zero-order chi connectivity index (χ0) is 12.9. The van der Waals surface area contributed by atoms with Crippen LogP contribution in [0, 0.1) is 5.92 Å². The summed E-state index contributed by atoms with van der Waals surface area (Å²) in [6.07, 6.45) is 10.2. The Balaban J connectivity index is 0.000000581. The smallest absolute Gasteiger partial charge is 0.0406 e. The van der Waals surface area contributed by atoms with E-state index in [2.05, 4.69) is 17.1 Å². The van der Waals surface area contributed by atoms with Gasteiger partial charge in [0.1, 0.15) is 0 Å². The predicted octanol–water partition coefficient (Wildman–Crippen LogP) is 5.26. The summed E-state index contributed by atoms with van der Waals surface area (Å²) in [7, 11) is 0. The van der Waals surface area contributed by atoms with Crippen LogP contribution >= 0.6 is 0 Å². The van der Waals surface area contributed by atoms with E-state index in [0.717, 1.165) is 5.92 Å². The molecule has 1 fully saturated rings. The Bertz CT molecular complexity index is 237. The molecule has 0 N–H and O–H groups in total. The Morgan fingerprint density at radius 1 is 1.00 bits per heavy atom. The minimum absolute atomic E-state index is 0.906. The number of nitrogens with zero attached hydrogens (tertiary/aromatic N) is 1. The van der Waals surface area contributed by atoms with Crippen LogP contribution in [-0.4, -0.2) is 4.98 Å². The third-order valence-corrected chi connectivity index (χ3v) is 2.95. The van der Waals surface area contributed by atoms with Gasteiger partial charge in [0, 0.05) is 11.9 Å². The van der Waals surface area contributed by atoms with Crippen molar-refractivity contribution >= 4 is 0 Å². The largest absolute Gasteiger partial charge is 0.261 e. The second kappa shape index (κ2) is 11.6. The number of pyridine rings is 1. The molecule has 0 radical (unpaired) electrons. The molecule has 0 spiro atoms. The molecular formula is C16H29N. The molecule has 1 saturated carbocycles. The van der Waals surface area contributed by atoms with Crippen LogP contribution in [-0.2, 0) is 6.42 Å². The zero-order valence-corrected chi connectivity index (χ0v) is 12.1. The van der Waals surface area contributed by atoms with Crippen molar-refractivity contribution in [1.82, 2.24) is 4.98 Å². The summed E-state index contributed by atoms with van der Waals surface area (Å²) >= 11 is 0. The van der Waals surface area contributed by atoms with Gasteiger partial charge in [0.05, 0.1) is 0 Å². The van der Waals surface area contributed by atoms with Crippen LogP contribution in [0.25, 0.3) is 0 Å². The molecule has 0 aromatic carbocycles. The molecule has 1 aliphatic carbocycles. The highest BCUT2D eigenvalue weighted by molar-refractivity contribution is 5.04. The van der Waals surface area contributed by atoms with Crippen molar-refractivity contribution in [3.63, 3.8) is 0 Å². The average molecular weight is 235 g/mol. The molecule has 17 heavy (non-hydrogen) atoms. The van der Waals surface area contributed by atoms with Crippen molar-refractivity contribution in [2.45, 2.75) is 66.2 Å². The van der Waals surface area contributed by atoms with E-state index in [1.54, 1.807) is 0 Å². The molecule has 0 unspecified atom stereocenters. The molecule has 0 saturated heterocycles. The molecular weight excluding hydrogens is 206 g/mol. The van der Waals surface area contributed by atoms with Crippen LogP contribution in [0.15, 0.2) is 24.4 Å². The number of hydrogen-bond donors (Lipinski definition) is 0. The van der Waals surface area contributed by atoms with Gasteiger partial charge in [-0.1, -0.05) is 65.9 Å². The highest BCUT2D eigenvalue weighted by Gasteiger charge is 2.13. The second-order valence-electron chi connectivity index (χ2n) is 4.03. The molecule has 1 aliphatic rings. The monoisotopic (exact) mass is 235 g/mol. The summed E-state index contributed by atoms with van der Waals surface area (Å²) in [5.41, 5.74) is 1.27. The summed E-state index contributed by atoms with van der Waals surface area (Å²) in [6, 6.07) is 6.23. The minimum Gasteiger partial charge on any atom is -0.261 e. The molecule has 0 amide bonds. The van der Waals surface area contributed by atoms with Crippen molar-refractivity contribution in [2.24, 2.45) is 5.92 Å². The third-order valence-electron chi connectivity index (χ3n) is 2.95. The summed E-state index contributed by atoms with van der Waals surface area (Å²) in [5, 5.41) is 0. The van der Waals surface area contributed by atoms with Gasteiger partial charge in [-0.15, -0.1) is 0 Å². The minimum atomic E-state index is 0.906. The maximum Gasteiger partial charge on any atom is 0.0406 e. The van der Waals surface area contributed by atoms with Gasteiger partial charge in [-0.25, -0.2) is 0 Å². The Morgan fingerprint density at radius 3 is 2.18 bits per heavy atom. The standard InChI is InChI=1S/C12H17N.2C2H6/c1-2-6-11(7-3-1)10-12-8-4-5-9-13-12;2*1-2/h4-5,8-9,11H,1-3,6-7,10H2;2*1-2H3. The first-order valence-electron chi connectivity index (χ1n) is 7.35. The summed E-state index contributed by atoms with van der Waals surface area (Å²) < 4.78 is 0. The Labute approximate surface area is 108 Å². The van der Waals surface area contributed by atoms with Gasteiger partial charge in [0.25, 0.3) is 0 Å². The van der Waals surface area contributed by atoms with E-state index in [4.69, 9.17) is 0 Å². The van der Waals surface area contributed by atoms with Crippen molar-refractivity contribution in [2.75, 3.05) is 0 Å². The molecule has 1 heteroatoms. The molecule has 0 aliphatic heterocycles. The lowest BCUT2D eigenvalue weighted by Crippen LogP contribution is -2.09. The lowest BCUT2D eigenvalue weighted by molar-refractivity contribution is 0.354. The number of rotatable bonds is 2. The van der Waals surface area contributed by atoms with Gasteiger partial charge < -0.3 is 0 Å². The van der Waals surface area contributed by atoms with E-state index in [0.29, 0.717) is 0 Å². The fourth-order valence-electron chi connectivity index (χ4n) is 2.21. The van der Waals surface area contributed by atoms with Gasteiger partial charge in [-0.05, 0) is 24.5 Å². The zero-order valence-electron chi connectivity index (χ0n) is 12.1. The van der Waals surface area contributed by atoms with Gasteiger partial charge >= 0.3 is 0 Å². The lowest BCUT2D eigenvalue weighted by atomic mass is 9.86. The summed E-state index contributed by atoms with van der Waals surface area (Å²) in [6.45, 7) is 8.00. The normalized spacial score (nSPS) is 15.1. The fraction of sp³-hybridized carbons (Fsp3) is 0.688. The van der Waals surface area contributed by atoms with Gasteiger partial charge in [0.2, 0.25) is 0 Å². The SMILES string of the molecule is CC.CC.c1ccc(CC2CCCCC2)nc1. The van der Waals surface area contributed by atoms with E-state index >= 15 is 0 Å². The number of aromatic nitrogens is 1. The molecule has 1 aromatic rings. The molecule has 1 heterocycles. The summed E-state index contributed by atoms with van der Waals surface area (Å²) in [5.74, 6) is 0.906. The van der Waals surface area contributed by atoms with Crippen molar-refractivity contribution in [1.29, 1.82) is 0 Å². The maximum absolute atomic E-state index is 4.37. The first-order chi connectivity index (χ1) is 8.45. The molecule has 1 nitrogen and oxygen atoms in total. The first-order valence-corrected chi connectivity index (χ1v) is 7.35. The highest BCUT2D eigenvalue weighted by atomic mass is 14.7. The van der Waals surface area contributed by atoms with Crippen LogP contribution < -0.4 is 0 Å². The van der Waals surface area contributed by atoms with Crippen LogP contribution in [0.5, 0.6) is 0 Å². The van der Waals surface area contributed by atoms with E-state index in [-0.39, 0.29) is 0 Å². The van der Waals surface area contributed by atoms with E-state index in [1.165, 1.54) is 44.2 Å². The van der Waals surface area contributed by atoms with Crippen LogP contribution in [0.3, 0.4) is 0 Å². The third kappa shape index (κ3) is 7.14. The first kappa shape index (κ1) is 16.1. The Kier molecular flexibility index (Phi) is 11.0. The van der Waals surface area contributed by atoms with E-state index < -0.39 is 0 Å². The van der Waals surface area contributed by atoms with Crippen LogP contribution in [0.2, 0.25) is 0 Å². The average Bonchev–Trinajstić information content (AvgIpc) is 2.45. The molecule has 0 bridgehead atoms. The second-order valence-corrected chi connectivity index (χ2v) is 4.03. The van der Waals surface area contributed by atoms with Gasteiger partial charge in [-0.2, -0.15) is 0 Å². The Hall–Kier alpha value is -0.850. The van der Waals surface area contributed by atoms with E-state index in [1.807, 2.05) is 40.0 Å². The van der Waals surface area contributed by atoms with Gasteiger partial charge in [0.15, 0.2) is 0 Å². The molecule has 0 atom stereocenters. The van der Waals surface area contributed by atoms with Gasteiger partial charge in [-0.3, -0.25) is 4.98 Å². The van der Waals surface area contributed by atoms with Crippen LogP contribution in [0.1, 0.15) is 65.5 Å². The van der Waals surface area contributed by atoms with Crippen LogP contribution in [0.4, 0.5) is 0 Å². The number of hydrogen-bond acceptors (Lipinski definition) is 1. The fourth-order valence-corrected chi connectivity index (χ4v) is 2.21. The summed E-state index contributed by atoms with van der Waals surface area (Å²) in [4.78, 5) is 4.37. The molecule has 98 valence electrons. The topological polar surface area (TPSA) is 12.9 Å². The predicted molar refractivity (Wildman–Crippen MR) is 77.2 cm³/mol. The van der Waals surface area contributed by atoms with E-state index in [9.17, 15) is 0 Å². The van der Waals surface area contributed by atoms with Crippen molar-refractivity contribution in [3.05, 3.63) is 30.1 Å². The molecule has 2 rings (SSSR count). The van der Waals surface area contributed by atoms with Crippen molar-refractivity contribution < 1.29 is 0 Å². The van der Waals surface area contributed by atoms with Crippen molar-refractivity contribution in [3.8, 4) is 0 Å².